The number of nitrogens with one attached hydrogen (secondary N) is 1. The van der Waals surface area contributed by atoms with Crippen molar-refractivity contribution in [2.75, 3.05) is 23.3 Å². The highest BCUT2D eigenvalue weighted by Gasteiger charge is 2.44. The van der Waals surface area contributed by atoms with Gasteiger partial charge in [-0.2, -0.15) is 36.3 Å². The first-order valence-electron chi connectivity index (χ1n) is 11.2. The van der Waals surface area contributed by atoms with Crippen LogP contribution in [0.2, 0.25) is 0 Å². The molecule has 1 saturated carbocycles. The van der Waals surface area contributed by atoms with Crippen LogP contribution in [0.15, 0.2) is 22.7 Å². The van der Waals surface area contributed by atoms with E-state index in [-0.39, 0.29) is 23.8 Å². The number of fused-ring (bicyclic) bond motifs is 2. The molecule has 37 heavy (non-hydrogen) atoms. The molecule has 1 saturated heterocycles. The number of hydrogen-bond donors (Lipinski definition) is 1. The lowest BCUT2D eigenvalue weighted by molar-refractivity contribution is -0.143. The fourth-order valence-corrected chi connectivity index (χ4v) is 4.81. The molecule has 2 aliphatic rings. The Kier molecular flexibility index (Phi) is 6.14. The zero-order valence-corrected chi connectivity index (χ0v) is 19.1. The number of alkyl halides is 6. The smallest absolute Gasteiger partial charge is 0.419 e. The van der Waals surface area contributed by atoms with E-state index < -0.39 is 42.0 Å². The summed E-state index contributed by atoms with van der Waals surface area (Å²) in [6.07, 6.45) is -8.05. The highest BCUT2D eigenvalue weighted by atomic mass is 19.4. The van der Waals surface area contributed by atoms with E-state index in [0.29, 0.717) is 41.7 Å². The van der Waals surface area contributed by atoms with Crippen LogP contribution in [0.5, 0.6) is 11.8 Å². The molecule has 9 nitrogen and oxygen atoms in total. The Balaban J connectivity index is 1.36. The van der Waals surface area contributed by atoms with Gasteiger partial charge in [0.1, 0.15) is 18.1 Å². The SMILES string of the molecule is Cc1noc(N2C[C@H]3CC[C@@H](C2)[C@@H]3Nc2nc(Oc3ccc(F)c(C(F)(F)F)c3)n(CC(F)(F)F)n2)n1. The lowest BCUT2D eigenvalue weighted by atomic mass is 9.92. The molecule has 200 valence electrons. The highest BCUT2D eigenvalue weighted by molar-refractivity contribution is 5.37. The van der Waals surface area contributed by atoms with Crippen LogP contribution in [-0.2, 0) is 12.7 Å². The minimum atomic E-state index is -5.02. The van der Waals surface area contributed by atoms with Gasteiger partial charge in [0, 0.05) is 19.1 Å². The average molecular weight is 535 g/mol. The molecule has 0 radical (unpaired) electrons. The number of benzene rings is 1. The number of hydrogen-bond acceptors (Lipinski definition) is 8. The van der Waals surface area contributed by atoms with Gasteiger partial charge in [-0.05, 0) is 49.8 Å². The zero-order valence-electron chi connectivity index (χ0n) is 19.1. The second kappa shape index (κ2) is 9.06. The Morgan fingerprint density at radius 2 is 1.78 bits per heavy atom. The van der Waals surface area contributed by atoms with E-state index in [9.17, 15) is 30.7 Å². The van der Waals surface area contributed by atoms with E-state index in [4.69, 9.17) is 9.26 Å². The van der Waals surface area contributed by atoms with Gasteiger partial charge < -0.3 is 19.5 Å². The van der Waals surface area contributed by atoms with Crippen molar-refractivity contribution >= 4 is 12.0 Å². The average Bonchev–Trinajstić information content (AvgIpc) is 3.43. The molecule has 1 N–H and O–H groups in total. The Morgan fingerprint density at radius 1 is 1.08 bits per heavy atom. The van der Waals surface area contributed by atoms with Crippen molar-refractivity contribution in [1.29, 1.82) is 0 Å². The van der Waals surface area contributed by atoms with Crippen LogP contribution < -0.4 is 15.0 Å². The normalized spacial score (nSPS) is 21.9. The largest absolute Gasteiger partial charge is 0.424 e. The van der Waals surface area contributed by atoms with Gasteiger partial charge in [-0.3, -0.25) is 0 Å². The van der Waals surface area contributed by atoms with Crippen molar-refractivity contribution in [3.63, 3.8) is 0 Å². The second-order valence-corrected chi connectivity index (χ2v) is 9.03. The number of aromatic nitrogens is 5. The van der Waals surface area contributed by atoms with E-state index in [1.54, 1.807) is 6.92 Å². The molecule has 16 heteroatoms. The number of piperidine rings is 1. The lowest BCUT2D eigenvalue weighted by Gasteiger charge is -2.37. The second-order valence-electron chi connectivity index (χ2n) is 9.03. The van der Waals surface area contributed by atoms with Gasteiger partial charge in [0.2, 0.25) is 5.95 Å². The van der Waals surface area contributed by atoms with Crippen LogP contribution in [0.1, 0.15) is 24.2 Å². The van der Waals surface area contributed by atoms with Crippen molar-refractivity contribution in [3.05, 3.63) is 35.4 Å². The molecule has 5 rings (SSSR count). The number of aryl methyl sites for hydroxylation is 1. The van der Waals surface area contributed by atoms with Crippen molar-refractivity contribution in [2.45, 2.75) is 44.7 Å². The summed E-state index contributed by atoms with van der Waals surface area (Å²) in [4.78, 5) is 10.2. The highest BCUT2D eigenvalue weighted by Crippen LogP contribution is 2.40. The molecule has 3 aromatic rings. The van der Waals surface area contributed by atoms with Gasteiger partial charge in [0.15, 0.2) is 5.82 Å². The third-order valence-corrected chi connectivity index (χ3v) is 6.34. The number of anilines is 2. The van der Waals surface area contributed by atoms with Crippen LogP contribution in [0.3, 0.4) is 0 Å². The van der Waals surface area contributed by atoms with Crippen LogP contribution in [0.25, 0.3) is 0 Å². The van der Waals surface area contributed by atoms with Crippen molar-refractivity contribution in [3.8, 4) is 11.8 Å². The zero-order chi connectivity index (χ0) is 26.5. The van der Waals surface area contributed by atoms with E-state index in [1.165, 1.54) is 0 Å². The maximum Gasteiger partial charge on any atom is 0.419 e. The fraction of sp³-hybridized carbons (Fsp3) is 0.524. The third kappa shape index (κ3) is 5.41. The predicted octanol–water partition coefficient (Wildman–Crippen LogP) is 4.81. The van der Waals surface area contributed by atoms with Crippen LogP contribution in [0, 0.1) is 24.6 Å². The summed E-state index contributed by atoms with van der Waals surface area (Å²) >= 11 is 0. The molecular formula is C21H20F7N7O2. The molecular weight excluding hydrogens is 515 g/mol. The van der Waals surface area contributed by atoms with E-state index in [1.807, 2.05) is 4.90 Å². The molecule has 2 bridgehead atoms. The van der Waals surface area contributed by atoms with Gasteiger partial charge in [-0.25, -0.2) is 9.07 Å². The molecule has 0 unspecified atom stereocenters. The van der Waals surface area contributed by atoms with Gasteiger partial charge in [-0.15, -0.1) is 5.10 Å². The molecule has 0 spiro atoms. The molecule has 0 amide bonds. The molecule has 1 aromatic carbocycles. The van der Waals surface area contributed by atoms with Crippen molar-refractivity contribution < 1.29 is 40.0 Å². The fourth-order valence-electron chi connectivity index (χ4n) is 4.81. The van der Waals surface area contributed by atoms with E-state index in [0.717, 1.165) is 18.9 Å². The van der Waals surface area contributed by atoms with Gasteiger partial charge in [0.25, 0.3) is 0 Å². The maximum atomic E-state index is 13.6. The Morgan fingerprint density at radius 3 is 2.38 bits per heavy atom. The molecule has 3 atom stereocenters. The number of nitrogens with zero attached hydrogens (tertiary/aromatic N) is 6. The Hall–Kier alpha value is -3.59. The summed E-state index contributed by atoms with van der Waals surface area (Å²) in [6.45, 7) is 1.25. The lowest BCUT2D eigenvalue weighted by Crippen LogP contribution is -2.48. The summed E-state index contributed by atoms with van der Waals surface area (Å²) in [5, 5.41) is 10.7. The van der Waals surface area contributed by atoms with Crippen LogP contribution in [-0.4, -0.2) is 50.2 Å². The minimum absolute atomic E-state index is 0.0799. The summed E-state index contributed by atoms with van der Waals surface area (Å²) in [6, 6.07) is 1.26. The van der Waals surface area contributed by atoms with Gasteiger partial charge in [-0.1, -0.05) is 5.16 Å². The predicted molar refractivity (Wildman–Crippen MR) is 112 cm³/mol. The van der Waals surface area contributed by atoms with Crippen molar-refractivity contribution in [2.24, 2.45) is 11.8 Å². The van der Waals surface area contributed by atoms with E-state index in [2.05, 4.69) is 25.5 Å². The molecule has 3 heterocycles. The quantitative estimate of drug-likeness (QED) is 0.450. The first kappa shape index (κ1) is 25.1. The molecule has 2 aromatic heterocycles. The van der Waals surface area contributed by atoms with Gasteiger partial charge in [0.05, 0.1) is 5.56 Å². The third-order valence-electron chi connectivity index (χ3n) is 6.34. The maximum absolute atomic E-state index is 13.6. The Labute approximate surface area is 204 Å². The summed E-state index contributed by atoms with van der Waals surface area (Å²) < 4.78 is 103. The molecule has 1 aliphatic heterocycles. The molecule has 2 fully saturated rings. The standard InChI is InChI=1S/C21H20F7N7O2/c1-10-29-18(37-33-10)34-7-11-2-3-12(8-34)16(11)30-17-31-19(35(32-17)9-20(23,24)25)36-13-4-5-15(22)14(6-13)21(26,27)28/h4-6,11-12,16H,2-3,7-9H2,1H3,(H,30,32)/t11-,12+,16-. The first-order chi connectivity index (χ1) is 17.4. The first-order valence-corrected chi connectivity index (χ1v) is 11.2. The Bertz CT molecular complexity index is 1260. The summed E-state index contributed by atoms with van der Waals surface area (Å²) in [5.41, 5.74) is -1.62. The number of halogens is 7. The summed E-state index contributed by atoms with van der Waals surface area (Å²) in [7, 11) is 0. The van der Waals surface area contributed by atoms with E-state index >= 15 is 0 Å². The van der Waals surface area contributed by atoms with Crippen LogP contribution in [0.4, 0.5) is 42.7 Å². The van der Waals surface area contributed by atoms with Crippen molar-refractivity contribution in [1.82, 2.24) is 24.9 Å². The number of rotatable bonds is 6. The minimum Gasteiger partial charge on any atom is -0.424 e. The van der Waals surface area contributed by atoms with Crippen LogP contribution >= 0.6 is 0 Å². The monoisotopic (exact) mass is 535 g/mol. The number of ether oxygens (including phenoxy) is 1. The molecule has 1 aliphatic carbocycles. The summed E-state index contributed by atoms with van der Waals surface area (Å²) in [5.74, 6) is -1.59. The topological polar surface area (TPSA) is 94.1 Å². The van der Waals surface area contributed by atoms with Gasteiger partial charge >= 0.3 is 24.4 Å².